The second-order valence-corrected chi connectivity index (χ2v) is 5.67. The number of alkyl halides is 5. The Balaban J connectivity index is 2.58. The van der Waals surface area contributed by atoms with Crippen molar-refractivity contribution in [1.82, 2.24) is 0 Å². The Bertz CT molecular complexity index is 769. The van der Waals surface area contributed by atoms with Gasteiger partial charge in [-0.15, -0.1) is 0 Å². The van der Waals surface area contributed by atoms with Crippen LogP contribution < -0.4 is 0 Å². The van der Waals surface area contributed by atoms with Gasteiger partial charge in [0.05, 0.1) is 0 Å². The molecule has 0 fully saturated rings. The van der Waals surface area contributed by atoms with Crippen LogP contribution in [0, 0.1) is 5.82 Å². The third-order valence-electron chi connectivity index (χ3n) is 3.49. The number of halogens is 7. The van der Waals surface area contributed by atoms with E-state index in [0.717, 1.165) is 48.5 Å². The molecule has 2 aromatic rings. The van der Waals surface area contributed by atoms with E-state index in [9.17, 15) is 31.4 Å². The first-order chi connectivity index (χ1) is 11.5. The Labute approximate surface area is 144 Å². The van der Waals surface area contributed by atoms with Crippen molar-refractivity contribution < 1.29 is 31.4 Å². The molecule has 2 rings (SSSR count). The van der Waals surface area contributed by atoms with Gasteiger partial charge < -0.3 is 5.11 Å². The highest BCUT2D eigenvalue weighted by Crippen LogP contribution is 2.49. The topological polar surface area (TPSA) is 20.2 Å². The minimum absolute atomic E-state index is 0.121. The lowest BCUT2D eigenvalue weighted by molar-refractivity contribution is -0.334. The molecule has 0 amide bonds. The molecular formula is C17H11ClF6O. The molecule has 0 heterocycles. The summed E-state index contributed by atoms with van der Waals surface area (Å²) >= 11 is 5.65. The first-order valence-corrected chi connectivity index (χ1v) is 7.23. The molecule has 8 heteroatoms. The van der Waals surface area contributed by atoms with E-state index in [0.29, 0.717) is 6.08 Å². The van der Waals surface area contributed by atoms with E-state index in [1.807, 2.05) is 0 Å². The van der Waals surface area contributed by atoms with Gasteiger partial charge in [-0.3, -0.25) is 0 Å². The molecule has 0 saturated heterocycles. The van der Waals surface area contributed by atoms with Crippen LogP contribution in [0.25, 0.3) is 6.08 Å². The molecule has 25 heavy (non-hydrogen) atoms. The molecule has 2 aromatic carbocycles. The summed E-state index contributed by atoms with van der Waals surface area (Å²) in [5.41, 5.74) is -4.31. The quantitative estimate of drug-likeness (QED) is 0.687. The summed E-state index contributed by atoms with van der Waals surface area (Å²) in [5, 5.41) is 10.2. The van der Waals surface area contributed by atoms with Gasteiger partial charge >= 0.3 is 12.1 Å². The number of rotatable bonds is 4. The van der Waals surface area contributed by atoms with Gasteiger partial charge in [-0.1, -0.05) is 41.9 Å². The maximum Gasteiger partial charge on any atom is 0.457 e. The fourth-order valence-electron chi connectivity index (χ4n) is 2.11. The Morgan fingerprint density at radius 1 is 0.920 bits per heavy atom. The standard InChI is InChI=1S/C17H11ClF6O/c18-13-3-1-2-12(10-13)15(25,16(20,21)17(22,23)24)9-8-11-4-6-14(19)7-5-11/h1-10,25H/b9-8+. The summed E-state index contributed by atoms with van der Waals surface area (Å²) in [7, 11) is 0. The van der Waals surface area contributed by atoms with Crippen LogP contribution in [0.1, 0.15) is 11.1 Å². The Morgan fingerprint density at radius 3 is 2.04 bits per heavy atom. The van der Waals surface area contributed by atoms with Gasteiger partial charge in [-0.05, 0) is 41.5 Å². The van der Waals surface area contributed by atoms with Crippen LogP contribution in [0.5, 0.6) is 0 Å². The normalized spacial score (nSPS) is 15.4. The minimum atomic E-state index is -6.02. The molecule has 0 saturated carbocycles. The molecular weight excluding hydrogens is 370 g/mol. The maximum absolute atomic E-state index is 14.0. The van der Waals surface area contributed by atoms with Crippen molar-refractivity contribution in [2.24, 2.45) is 0 Å². The van der Waals surface area contributed by atoms with Crippen LogP contribution in [0.3, 0.4) is 0 Å². The van der Waals surface area contributed by atoms with Crippen LogP contribution >= 0.6 is 11.6 Å². The smallest absolute Gasteiger partial charge is 0.375 e. The van der Waals surface area contributed by atoms with E-state index in [1.54, 1.807) is 0 Å². The van der Waals surface area contributed by atoms with E-state index in [1.165, 1.54) is 6.07 Å². The molecule has 0 spiro atoms. The van der Waals surface area contributed by atoms with Gasteiger partial charge in [-0.2, -0.15) is 22.0 Å². The second-order valence-electron chi connectivity index (χ2n) is 5.23. The molecule has 1 atom stereocenters. The average molecular weight is 381 g/mol. The Hall–Kier alpha value is -1.99. The first-order valence-electron chi connectivity index (χ1n) is 6.85. The highest BCUT2D eigenvalue weighted by atomic mass is 35.5. The van der Waals surface area contributed by atoms with Gasteiger partial charge in [0.1, 0.15) is 5.82 Å². The lowest BCUT2D eigenvalue weighted by Gasteiger charge is -2.35. The van der Waals surface area contributed by atoms with Crippen molar-refractivity contribution in [2.75, 3.05) is 0 Å². The summed E-state index contributed by atoms with van der Waals surface area (Å²) in [6.07, 6.45) is -4.85. The minimum Gasteiger partial charge on any atom is -0.375 e. The highest BCUT2D eigenvalue weighted by Gasteiger charge is 2.69. The SMILES string of the molecule is OC(/C=C/c1ccc(F)cc1)(c1cccc(Cl)c1)C(F)(F)C(F)(F)F. The number of aliphatic hydroxyl groups is 1. The van der Waals surface area contributed by atoms with Crippen molar-refractivity contribution in [2.45, 2.75) is 17.7 Å². The van der Waals surface area contributed by atoms with Crippen LogP contribution in [0.15, 0.2) is 54.6 Å². The van der Waals surface area contributed by atoms with Gasteiger partial charge in [0.2, 0.25) is 0 Å². The summed E-state index contributed by atoms with van der Waals surface area (Å²) in [6.45, 7) is 0. The number of hydrogen-bond acceptors (Lipinski definition) is 1. The van der Waals surface area contributed by atoms with Crippen molar-refractivity contribution in [3.63, 3.8) is 0 Å². The zero-order valence-corrected chi connectivity index (χ0v) is 13.1. The van der Waals surface area contributed by atoms with Crippen molar-refractivity contribution >= 4 is 17.7 Å². The van der Waals surface area contributed by atoms with Crippen molar-refractivity contribution in [3.8, 4) is 0 Å². The van der Waals surface area contributed by atoms with Gasteiger partial charge in [0.25, 0.3) is 0 Å². The summed E-state index contributed by atoms with van der Waals surface area (Å²) in [6, 6.07) is 8.45. The zero-order valence-electron chi connectivity index (χ0n) is 12.4. The number of hydrogen-bond donors (Lipinski definition) is 1. The molecule has 0 radical (unpaired) electrons. The van der Waals surface area contributed by atoms with Gasteiger partial charge in [0.15, 0.2) is 5.60 Å². The van der Waals surface area contributed by atoms with E-state index < -0.39 is 29.1 Å². The fourth-order valence-corrected chi connectivity index (χ4v) is 2.30. The predicted molar refractivity (Wildman–Crippen MR) is 81.8 cm³/mol. The summed E-state index contributed by atoms with van der Waals surface area (Å²) in [4.78, 5) is 0. The van der Waals surface area contributed by atoms with Crippen LogP contribution in [-0.4, -0.2) is 17.2 Å². The van der Waals surface area contributed by atoms with E-state index in [4.69, 9.17) is 11.6 Å². The molecule has 0 aromatic heterocycles. The molecule has 0 aliphatic rings. The van der Waals surface area contributed by atoms with Crippen LogP contribution in [0.2, 0.25) is 5.02 Å². The van der Waals surface area contributed by atoms with Crippen LogP contribution in [-0.2, 0) is 5.60 Å². The molecule has 0 aliphatic heterocycles. The van der Waals surface area contributed by atoms with E-state index in [2.05, 4.69) is 0 Å². The van der Waals surface area contributed by atoms with Gasteiger partial charge in [-0.25, -0.2) is 4.39 Å². The average Bonchev–Trinajstić information content (AvgIpc) is 2.52. The van der Waals surface area contributed by atoms with E-state index >= 15 is 0 Å². The van der Waals surface area contributed by atoms with E-state index in [-0.39, 0.29) is 10.6 Å². The Kier molecular flexibility index (Phi) is 5.20. The maximum atomic E-state index is 14.0. The predicted octanol–water partition coefficient (Wildman–Crippen LogP) is 5.58. The van der Waals surface area contributed by atoms with Crippen molar-refractivity contribution in [3.05, 3.63) is 76.6 Å². The molecule has 1 nitrogen and oxygen atoms in total. The van der Waals surface area contributed by atoms with Crippen LogP contribution in [0.4, 0.5) is 26.3 Å². The Morgan fingerprint density at radius 2 is 1.52 bits per heavy atom. The molecule has 134 valence electrons. The highest BCUT2D eigenvalue weighted by molar-refractivity contribution is 6.30. The molecule has 0 aliphatic carbocycles. The lowest BCUT2D eigenvalue weighted by atomic mass is 9.85. The number of benzene rings is 2. The molecule has 1 unspecified atom stereocenters. The van der Waals surface area contributed by atoms with Gasteiger partial charge in [0, 0.05) is 5.02 Å². The largest absolute Gasteiger partial charge is 0.457 e. The third-order valence-corrected chi connectivity index (χ3v) is 3.72. The summed E-state index contributed by atoms with van der Waals surface area (Å²) in [5.74, 6) is -6.11. The fraction of sp³-hybridized carbons (Fsp3) is 0.176. The second kappa shape index (κ2) is 6.72. The van der Waals surface area contributed by atoms with Crippen molar-refractivity contribution in [1.29, 1.82) is 0 Å². The zero-order chi connectivity index (χ0) is 18.9. The first kappa shape index (κ1) is 19.3. The lowest BCUT2D eigenvalue weighted by Crippen LogP contribution is -2.53. The molecule has 1 N–H and O–H groups in total. The monoisotopic (exact) mass is 380 g/mol. The molecule has 0 bridgehead atoms. The third kappa shape index (κ3) is 3.82. The summed E-state index contributed by atoms with van der Waals surface area (Å²) < 4.78 is 79.5.